The van der Waals surface area contributed by atoms with Gasteiger partial charge < -0.3 is 19.1 Å². The Kier molecular flexibility index (Phi) is 5.08. The number of unbranched alkanes of at least 4 members (excludes halogenated alkanes) is 1. The first-order chi connectivity index (χ1) is 9.66. The molecule has 1 aromatic heterocycles. The lowest BCUT2D eigenvalue weighted by molar-refractivity contribution is -0.137. The van der Waals surface area contributed by atoms with Crippen LogP contribution in [0.2, 0.25) is 0 Å². The van der Waals surface area contributed by atoms with Gasteiger partial charge in [-0.25, -0.2) is 0 Å². The van der Waals surface area contributed by atoms with Gasteiger partial charge in [0.05, 0.1) is 0 Å². The Morgan fingerprint density at radius 2 is 2.15 bits per heavy atom. The molecule has 7 nitrogen and oxygen atoms in total. The second-order valence-electron chi connectivity index (χ2n) is 4.92. The molecule has 1 fully saturated rings. The van der Waals surface area contributed by atoms with Gasteiger partial charge in [0.25, 0.3) is 0 Å². The Labute approximate surface area is 117 Å². The zero-order valence-electron chi connectivity index (χ0n) is 11.6. The monoisotopic (exact) mass is 284 g/mol. The standard InChI is InChI=1S/C13H20N2O5/c1-18-13(6-8-19-9-7-13)12-14-10(20-15-12)4-2-3-5-11(16)17/h2-9H2,1H3,(H,16,17). The maximum atomic E-state index is 10.4. The van der Waals surface area contributed by atoms with E-state index in [4.69, 9.17) is 19.1 Å². The zero-order valence-corrected chi connectivity index (χ0v) is 11.6. The summed E-state index contributed by atoms with van der Waals surface area (Å²) < 4.78 is 16.1. The smallest absolute Gasteiger partial charge is 0.303 e. The molecule has 1 aliphatic rings. The van der Waals surface area contributed by atoms with Crippen molar-refractivity contribution in [2.75, 3.05) is 20.3 Å². The molecule has 0 bridgehead atoms. The number of hydrogen-bond donors (Lipinski definition) is 1. The van der Waals surface area contributed by atoms with Gasteiger partial charge in [-0.1, -0.05) is 5.16 Å². The van der Waals surface area contributed by atoms with Crippen LogP contribution in [0.1, 0.15) is 43.8 Å². The van der Waals surface area contributed by atoms with E-state index in [0.29, 0.717) is 50.6 Å². The molecule has 0 saturated carbocycles. The lowest BCUT2D eigenvalue weighted by Gasteiger charge is -2.32. The van der Waals surface area contributed by atoms with Crippen LogP contribution >= 0.6 is 0 Å². The van der Waals surface area contributed by atoms with Gasteiger partial charge in [0, 0.05) is 46.0 Å². The summed E-state index contributed by atoms with van der Waals surface area (Å²) >= 11 is 0. The molecular formula is C13H20N2O5. The Morgan fingerprint density at radius 1 is 1.40 bits per heavy atom. The topological polar surface area (TPSA) is 94.7 Å². The molecule has 1 N–H and O–H groups in total. The van der Waals surface area contributed by atoms with Gasteiger partial charge in [0.15, 0.2) is 0 Å². The van der Waals surface area contributed by atoms with Crippen LogP contribution in [0.3, 0.4) is 0 Å². The molecule has 1 aliphatic heterocycles. The molecule has 1 saturated heterocycles. The lowest BCUT2D eigenvalue weighted by Crippen LogP contribution is -2.36. The highest BCUT2D eigenvalue weighted by molar-refractivity contribution is 5.66. The molecule has 0 atom stereocenters. The van der Waals surface area contributed by atoms with Gasteiger partial charge in [0.2, 0.25) is 11.7 Å². The Morgan fingerprint density at radius 3 is 2.80 bits per heavy atom. The minimum absolute atomic E-state index is 0.167. The number of carboxylic acids is 1. The zero-order chi connectivity index (χ0) is 14.4. The van der Waals surface area contributed by atoms with Crippen LogP contribution in [0.15, 0.2) is 4.52 Å². The molecule has 0 amide bonds. The summed E-state index contributed by atoms with van der Waals surface area (Å²) in [6.07, 6.45) is 3.51. The fourth-order valence-electron chi connectivity index (χ4n) is 2.31. The van der Waals surface area contributed by atoms with E-state index in [1.165, 1.54) is 0 Å². The first kappa shape index (κ1) is 14.9. The van der Waals surface area contributed by atoms with Crippen molar-refractivity contribution in [3.05, 3.63) is 11.7 Å². The lowest BCUT2D eigenvalue weighted by atomic mass is 9.93. The maximum Gasteiger partial charge on any atom is 0.303 e. The van der Waals surface area contributed by atoms with Crippen molar-refractivity contribution >= 4 is 5.97 Å². The van der Waals surface area contributed by atoms with Crippen LogP contribution < -0.4 is 0 Å². The Balaban J connectivity index is 1.92. The molecule has 7 heteroatoms. The molecule has 0 aliphatic carbocycles. The van der Waals surface area contributed by atoms with Crippen LogP contribution in [-0.4, -0.2) is 41.5 Å². The van der Waals surface area contributed by atoms with Crippen molar-refractivity contribution in [1.29, 1.82) is 0 Å². The summed E-state index contributed by atoms with van der Waals surface area (Å²) in [5.74, 6) is 0.321. The van der Waals surface area contributed by atoms with E-state index in [0.717, 1.165) is 6.42 Å². The summed E-state index contributed by atoms with van der Waals surface area (Å²) in [6.45, 7) is 1.24. The summed E-state index contributed by atoms with van der Waals surface area (Å²) in [4.78, 5) is 14.8. The average Bonchev–Trinajstić information content (AvgIpc) is 2.93. The Bertz CT molecular complexity index is 440. The highest BCUT2D eigenvalue weighted by atomic mass is 16.5. The molecule has 0 spiro atoms. The second-order valence-corrected chi connectivity index (χ2v) is 4.92. The number of aliphatic carboxylic acids is 1. The predicted octanol–water partition coefficient (Wildman–Crippen LogP) is 1.52. The van der Waals surface area contributed by atoms with Crippen LogP contribution in [0.5, 0.6) is 0 Å². The van der Waals surface area contributed by atoms with Crippen molar-refractivity contribution < 1.29 is 23.9 Å². The third-order valence-corrected chi connectivity index (χ3v) is 3.60. The first-order valence-corrected chi connectivity index (χ1v) is 6.84. The van der Waals surface area contributed by atoms with Crippen LogP contribution in [0.4, 0.5) is 0 Å². The fraction of sp³-hybridized carbons (Fsp3) is 0.769. The molecule has 0 radical (unpaired) electrons. The van der Waals surface area contributed by atoms with Crippen molar-refractivity contribution in [3.63, 3.8) is 0 Å². The second kappa shape index (κ2) is 6.81. The molecule has 0 unspecified atom stereocenters. The van der Waals surface area contributed by atoms with E-state index in [2.05, 4.69) is 10.1 Å². The summed E-state index contributed by atoms with van der Waals surface area (Å²) in [6, 6.07) is 0. The summed E-state index contributed by atoms with van der Waals surface area (Å²) in [7, 11) is 1.65. The highest BCUT2D eigenvalue weighted by Gasteiger charge is 2.39. The van der Waals surface area contributed by atoms with Gasteiger partial charge in [-0.3, -0.25) is 4.79 Å². The normalized spacial score (nSPS) is 18.1. The van der Waals surface area contributed by atoms with E-state index < -0.39 is 11.6 Å². The third kappa shape index (κ3) is 3.55. The molecule has 0 aromatic carbocycles. The molecule has 2 rings (SSSR count). The maximum absolute atomic E-state index is 10.4. The third-order valence-electron chi connectivity index (χ3n) is 3.60. The van der Waals surface area contributed by atoms with E-state index in [1.807, 2.05) is 0 Å². The Hall–Kier alpha value is -1.47. The van der Waals surface area contributed by atoms with E-state index in [-0.39, 0.29) is 6.42 Å². The summed E-state index contributed by atoms with van der Waals surface area (Å²) in [5.41, 5.74) is -0.513. The van der Waals surface area contributed by atoms with Crippen molar-refractivity contribution in [1.82, 2.24) is 10.1 Å². The molecule has 20 heavy (non-hydrogen) atoms. The fourth-order valence-corrected chi connectivity index (χ4v) is 2.31. The van der Waals surface area contributed by atoms with Crippen LogP contribution in [0, 0.1) is 0 Å². The number of rotatable bonds is 7. The first-order valence-electron chi connectivity index (χ1n) is 6.84. The van der Waals surface area contributed by atoms with Gasteiger partial charge in [-0.2, -0.15) is 4.98 Å². The minimum atomic E-state index is -0.781. The molecule has 1 aromatic rings. The van der Waals surface area contributed by atoms with Gasteiger partial charge in [-0.05, 0) is 12.8 Å². The van der Waals surface area contributed by atoms with E-state index in [1.54, 1.807) is 7.11 Å². The molecule has 2 heterocycles. The van der Waals surface area contributed by atoms with Crippen molar-refractivity contribution in [3.8, 4) is 0 Å². The number of carbonyl (C=O) groups is 1. The van der Waals surface area contributed by atoms with Gasteiger partial charge >= 0.3 is 5.97 Å². The number of aryl methyl sites for hydroxylation is 1. The van der Waals surface area contributed by atoms with Gasteiger partial charge in [0.1, 0.15) is 5.60 Å². The highest BCUT2D eigenvalue weighted by Crippen LogP contribution is 2.33. The van der Waals surface area contributed by atoms with Crippen LogP contribution in [-0.2, 0) is 26.3 Å². The van der Waals surface area contributed by atoms with Crippen LogP contribution in [0.25, 0.3) is 0 Å². The number of ether oxygens (including phenoxy) is 2. The van der Waals surface area contributed by atoms with Crippen molar-refractivity contribution in [2.45, 2.75) is 44.1 Å². The number of nitrogens with zero attached hydrogens (tertiary/aromatic N) is 2. The number of aromatic nitrogens is 2. The largest absolute Gasteiger partial charge is 0.481 e. The molecular weight excluding hydrogens is 264 g/mol. The van der Waals surface area contributed by atoms with E-state index >= 15 is 0 Å². The molecule has 112 valence electrons. The van der Waals surface area contributed by atoms with E-state index in [9.17, 15) is 4.79 Å². The number of hydrogen-bond acceptors (Lipinski definition) is 6. The minimum Gasteiger partial charge on any atom is -0.481 e. The average molecular weight is 284 g/mol. The summed E-state index contributed by atoms with van der Waals surface area (Å²) in [5, 5.41) is 12.6. The quantitative estimate of drug-likeness (QED) is 0.758. The predicted molar refractivity (Wildman–Crippen MR) is 68.2 cm³/mol. The van der Waals surface area contributed by atoms with Gasteiger partial charge in [-0.15, -0.1) is 0 Å². The van der Waals surface area contributed by atoms with Crippen molar-refractivity contribution in [2.24, 2.45) is 0 Å². The number of methoxy groups -OCH3 is 1. The number of carboxylic acid groups (broad SMARTS) is 1. The SMILES string of the molecule is COC1(c2noc(CCCCC(=O)O)n2)CCOCC1.